The molecule has 0 saturated carbocycles. The van der Waals surface area contributed by atoms with E-state index in [1.165, 1.54) is 13.2 Å². The summed E-state index contributed by atoms with van der Waals surface area (Å²) in [5, 5.41) is 2.90. The summed E-state index contributed by atoms with van der Waals surface area (Å²) in [6.45, 7) is -0.173. The molecule has 1 rings (SSSR count). The summed E-state index contributed by atoms with van der Waals surface area (Å²) in [4.78, 5) is 11.3. The lowest BCUT2D eigenvalue weighted by molar-refractivity contribution is 0.0215. The van der Waals surface area contributed by atoms with E-state index in [9.17, 15) is 13.6 Å². The van der Waals surface area contributed by atoms with Gasteiger partial charge >= 0.3 is 5.97 Å². The highest BCUT2D eigenvalue weighted by Crippen LogP contribution is 2.20. The number of nitrogens with one attached hydrogen (secondary N) is 1. The van der Waals surface area contributed by atoms with E-state index in [4.69, 9.17) is 10.5 Å². The largest absolute Gasteiger partial charge is 0.465 e. The number of ether oxygens (including phenoxy) is 2. The molecule has 3 N–H and O–H groups in total. The number of methoxy groups -OCH3 is 1. The zero-order valence-corrected chi connectivity index (χ0v) is 10.5. The maximum atomic E-state index is 11.8. The quantitative estimate of drug-likeness (QED) is 0.450. The van der Waals surface area contributed by atoms with Crippen molar-refractivity contribution >= 4 is 17.3 Å². The van der Waals surface area contributed by atoms with E-state index in [2.05, 4.69) is 10.1 Å². The summed E-state index contributed by atoms with van der Waals surface area (Å²) in [6.07, 6.45) is -2.48. The summed E-state index contributed by atoms with van der Waals surface area (Å²) in [5.41, 5.74) is 7.05. The number of halogens is 2. The topological polar surface area (TPSA) is 73.6 Å². The van der Waals surface area contributed by atoms with Crippen LogP contribution in [0.1, 0.15) is 10.4 Å². The van der Waals surface area contributed by atoms with E-state index < -0.39 is 19.0 Å². The number of carbonyl (C=O) groups is 1. The molecule has 0 amide bonds. The number of anilines is 2. The normalized spacial score (nSPS) is 10.5. The first-order chi connectivity index (χ1) is 9.04. The molecule has 0 fully saturated rings. The highest BCUT2D eigenvalue weighted by Gasteiger charge is 2.08. The number of rotatable bonds is 7. The predicted molar refractivity (Wildman–Crippen MR) is 67.5 cm³/mol. The van der Waals surface area contributed by atoms with Gasteiger partial charge in [-0.1, -0.05) is 0 Å². The minimum atomic E-state index is -2.48. The molecule has 5 nitrogen and oxygen atoms in total. The number of hydrogen-bond donors (Lipinski definition) is 2. The van der Waals surface area contributed by atoms with Gasteiger partial charge in [0.15, 0.2) is 0 Å². The first kappa shape index (κ1) is 15.2. The van der Waals surface area contributed by atoms with Gasteiger partial charge in [0, 0.05) is 6.54 Å². The van der Waals surface area contributed by atoms with Crippen LogP contribution in [0, 0.1) is 0 Å². The van der Waals surface area contributed by atoms with E-state index in [1.54, 1.807) is 12.1 Å². The zero-order valence-electron chi connectivity index (χ0n) is 10.5. The van der Waals surface area contributed by atoms with Crippen LogP contribution in [0.3, 0.4) is 0 Å². The third-order valence-corrected chi connectivity index (χ3v) is 2.28. The molecule has 0 radical (unpaired) electrons. The standard InChI is InChI=1S/C12H16F2N2O3/c1-18-12(17)8-2-3-9(15)10(6-8)16-4-5-19-7-11(13)14/h2-3,6,11,16H,4-5,7,15H2,1H3. The minimum absolute atomic E-state index is 0.117. The fourth-order valence-electron chi connectivity index (χ4n) is 1.38. The molecule has 0 aromatic heterocycles. The molecule has 0 aliphatic carbocycles. The molecule has 0 saturated heterocycles. The van der Waals surface area contributed by atoms with E-state index in [1.807, 2.05) is 0 Å². The van der Waals surface area contributed by atoms with Crippen LogP contribution in [0.15, 0.2) is 18.2 Å². The van der Waals surface area contributed by atoms with Crippen molar-refractivity contribution in [2.75, 3.05) is 37.9 Å². The number of carbonyl (C=O) groups excluding carboxylic acids is 1. The van der Waals surface area contributed by atoms with E-state index in [0.717, 1.165) is 0 Å². The Balaban J connectivity index is 2.50. The number of benzene rings is 1. The average molecular weight is 274 g/mol. The molecule has 0 aliphatic rings. The Morgan fingerprint density at radius 2 is 2.21 bits per heavy atom. The number of hydrogen-bond acceptors (Lipinski definition) is 5. The van der Waals surface area contributed by atoms with Crippen molar-refractivity contribution in [3.63, 3.8) is 0 Å². The van der Waals surface area contributed by atoms with E-state index in [-0.39, 0.29) is 6.61 Å². The monoisotopic (exact) mass is 274 g/mol. The molecule has 1 aromatic carbocycles. The third-order valence-electron chi connectivity index (χ3n) is 2.28. The van der Waals surface area contributed by atoms with Crippen molar-refractivity contribution in [3.8, 4) is 0 Å². The Morgan fingerprint density at radius 3 is 2.84 bits per heavy atom. The number of alkyl halides is 2. The van der Waals surface area contributed by atoms with Crippen molar-refractivity contribution in [2.45, 2.75) is 6.43 Å². The summed E-state index contributed by atoms with van der Waals surface area (Å²) in [5.74, 6) is -0.475. The fourth-order valence-corrected chi connectivity index (χ4v) is 1.38. The minimum Gasteiger partial charge on any atom is -0.465 e. The lowest BCUT2D eigenvalue weighted by atomic mass is 10.1. The van der Waals surface area contributed by atoms with Crippen LogP contribution in [0.2, 0.25) is 0 Å². The van der Waals surface area contributed by atoms with Gasteiger partial charge in [-0.3, -0.25) is 0 Å². The van der Waals surface area contributed by atoms with Gasteiger partial charge in [-0.2, -0.15) is 0 Å². The molecule has 0 bridgehead atoms. The number of esters is 1. The van der Waals surface area contributed by atoms with Crippen molar-refractivity contribution in [1.29, 1.82) is 0 Å². The molecule has 106 valence electrons. The van der Waals surface area contributed by atoms with Crippen molar-refractivity contribution in [3.05, 3.63) is 23.8 Å². The van der Waals surface area contributed by atoms with Gasteiger partial charge in [0.05, 0.1) is 30.7 Å². The molecule has 0 unspecified atom stereocenters. The lowest BCUT2D eigenvalue weighted by Crippen LogP contribution is -2.14. The second-order valence-electron chi connectivity index (χ2n) is 3.69. The van der Waals surface area contributed by atoms with E-state index in [0.29, 0.717) is 23.5 Å². The van der Waals surface area contributed by atoms with Crippen molar-refractivity contribution < 1.29 is 23.0 Å². The molecular formula is C12H16F2N2O3. The molecular weight excluding hydrogens is 258 g/mol. The molecule has 0 spiro atoms. The number of nitrogen functional groups attached to an aromatic ring is 1. The Morgan fingerprint density at radius 1 is 1.47 bits per heavy atom. The first-order valence-electron chi connectivity index (χ1n) is 5.62. The van der Waals surface area contributed by atoms with Crippen LogP contribution < -0.4 is 11.1 Å². The van der Waals surface area contributed by atoms with Crippen molar-refractivity contribution in [2.24, 2.45) is 0 Å². The van der Waals surface area contributed by atoms with Gasteiger partial charge in [-0.25, -0.2) is 13.6 Å². The Kier molecular flexibility index (Phi) is 6.01. The molecule has 0 heterocycles. The first-order valence-corrected chi connectivity index (χ1v) is 5.62. The maximum absolute atomic E-state index is 11.8. The Hall–Kier alpha value is -1.89. The van der Waals surface area contributed by atoms with Gasteiger partial charge in [-0.05, 0) is 18.2 Å². The van der Waals surface area contributed by atoms with Gasteiger partial charge in [0.25, 0.3) is 6.43 Å². The second kappa shape index (κ2) is 7.52. The molecule has 0 atom stereocenters. The Bertz CT molecular complexity index is 427. The smallest absolute Gasteiger partial charge is 0.337 e. The molecule has 0 aliphatic heterocycles. The van der Waals surface area contributed by atoms with Crippen LogP contribution in [-0.4, -0.2) is 39.3 Å². The van der Waals surface area contributed by atoms with Crippen LogP contribution >= 0.6 is 0 Å². The summed E-state index contributed by atoms with van der Waals surface area (Å²) < 4.78 is 32.9. The van der Waals surface area contributed by atoms with Crippen LogP contribution in [0.5, 0.6) is 0 Å². The van der Waals surface area contributed by atoms with Crippen LogP contribution in [0.25, 0.3) is 0 Å². The third kappa shape index (κ3) is 5.09. The highest BCUT2D eigenvalue weighted by atomic mass is 19.3. The fraction of sp³-hybridized carbons (Fsp3) is 0.417. The number of nitrogens with two attached hydrogens (primary N) is 1. The summed E-state index contributed by atoms with van der Waals surface area (Å²) >= 11 is 0. The SMILES string of the molecule is COC(=O)c1ccc(N)c(NCCOCC(F)F)c1. The van der Waals surface area contributed by atoms with Gasteiger partial charge in [0.1, 0.15) is 6.61 Å². The lowest BCUT2D eigenvalue weighted by Gasteiger charge is -2.11. The van der Waals surface area contributed by atoms with Crippen LogP contribution in [0.4, 0.5) is 20.2 Å². The molecule has 1 aromatic rings. The molecule has 19 heavy (non-hydrogen) atoms. The predicted octanol–water partition coefficient (Wildman–Crippen LogP) is 1.75. The zero-order chi connectivity index (χ0) is 14.3. The van der Waals surface area contributed by atoms with Gasteiger partial charge in [-0.15, -0.1) is 0 Å². The van der Waals surface area contributed by atoms with Gasteiger partial charge < -0.3 is 20.5 Å². The van der Waals surface area contributed by atoms with Gasteiger partial charge in [0.2, 0.25) is 0 Å². The average Bonchev–Trinajstić information content (AvgIpc) is 2.39. The summed E-state index contributed by atoms with van der Waals surface area (Å²) in [7, 11) is 1.28. The molecule has 7 heteroatoms. The second-order valence-corrected chi connectivity index (χ2v) is 3.69. The Labute approximate surface area is 109 Å². The van der Waals surface area contributed by atoms with Crippen LogP contribution in [-0.2, 0) is 9.47 Å². The highest BCUT2D eigenvalue weighted by molar-refractivity contribution is 5.91. The maximum Gasteiger partial charge on any atom is 0.337 e. The summed E-state index contributed by atoms with van der Waals surface area (Å²) in [6, 6.07) is 4.64. The van der Waals surface area contributed by atoms with Crippen molar-refractivity contribution in [1.82, 2.24) is 0 Å². The van der Waals surface area contributed by atoms with E-state index >= 15 is 0 Å².